The lowest BCUT2D eigenvalue weighted by Gasteiger charge is -2.20. The molecule has 1 aromatic carbocycles. The van der Waals surface area contributed by atoms with Crippen LogP contribution in [0.2, 0.25) is 0 Å². The highest BCUT2D eigenvalue weighted by Gasteiger charge is 2.29. The smallest absolute Gasteiger partial charge is 0.322 e. The van der Waals surface area contributed by atoms with E-state index >= 15 is 0 Å². The first-order valence-corrected chi connectivity index (χ1v) is 8.28. The molecule has 0 spiro atoms. The Morgan fingerprint density at radius 1 is 1.23 bits per heavy atom. The van der Waals surface area contributed by atoms with Gasteiger partial charge in [-0.1, -0.05) is 20.3 Å². The topological polar surface area (TPSA) is 113 Å². The number of aliphatic carboxylic acids is 1. The highest BCUT2D eigenvalue weighted by atomic mass is 32.2. The molecule has 7 nitrogen and oxygen atoms in total. The fourth-order valence-electron chi connectivity index (χ4n) is 1.80. The predicted octanol–water partition coefficient (Wildman–Crippen LogP) is 1.42. The Balaban J connectivity index is 2.98. The molecule has 0 radical (unpaired) electrons. The number of hydrogen-bond donors (Lipinski definition) is 3. The van der Waals surface area contributed by atoms with Crippen molar-refractivity contribution in [2.75, 3.05) is 5.32 Å². The van der Waals surface area contributed by atoms with E-state index in [2.05, 4.69) is 10.0 Å². The number of benzene rings is 1. The second-order valence-electron chi connectivity index (χ2n) is 5.03. The quantitative estimate of drug-likeness (QED) is 0.701. The predicted molar refractivity (Wildman–Crippen MR) is 81.9 cm³/mol. The van der Waals surface area contributed by atoms with Gasteiger partial charge in [0, 0.05) is 12.6 Å². The van der Waals surface area contributed by atoms with Crippen LogP contribution in [0.15, 0.2) is 29.2 Å². The Morgan fingerprint density at radius 2 is 1.77 bits per heavy atom. The molecule has 1 amide bonds. The van der Waals surface area contributed by atoms with Crippen molar-refractivity contribution in [1.82, 2.24) is 4.72 Å². The summed E-state index contributed by atoms with van der Waals surface area (Å²) in [5.74, 6) is -1.82. The van der Waals surface area contributed by atoms with Gasteiger partial charge in [0.15, 0.2) is 0 Å². The largest absolute Gasteiger partial charge is 0.480 e. The molecule has 2 atom stereocenters. The van der Waals surface area contributed by atoms with E-state index in [1.165, 1.54) is 31.2 Å². The summed E-state index contributed by atoms with van der Waals surface area (Å²) in [6, 6.07) is 4.31. The molecule has 8 heteroatoms. The number of nitrogens with one attached hydrogen (secondary N) is 2. The first-order valence-electron chi connectivity index (χ1n) is 6.80. The maximum atomic E-state index is 12.2. The number of sulfonamides is 1. The van der Waals surface area contributed by atoms with E-state index in [1.54, 1.807) is 13.8 Å². The second-order valence-corrected chi connectivity index (χ2v) is 6.74. The zero-order valence-corrected chi connectivity index (χ0v) is 13.5. The van der Waals surface area contributed by atoms with Crippen LogP contribution in [0, 0.1) is 5.92 Å². The van der Waals surface area contributed by atoms with Crippen LogP contribution in [0.25, 0.3) is 0 Å². The van der Waals surface area contributed by atoms with E-state index in [9.17, 15) is 18.0 Å². The normalized spacial score (nSPS) is 14.1. The lowest BCUT2D eigenvalue weighted by molar-refractivity contribution is -0.140. The third-order valence-corrected chi connectivity index (χ3v) is 4.70. The van der Waals surface area contributed by atoms with Crippen LogP contribution in [0.4, 0.5) is 5.69 Å². The van der Waals surface area contributed by atoms with Crippen LogP contribution in [0.1, 0.15) is 27.2 Å². The van der Waals surface area contributed by atoms with E-state index in [0.29, 0.717) is 12.1 Å². The molecule has 1 rings (SSSR count). The van der Waals surface area contributed by atoms with Gasteiger partial charge in [0.05, 0.1) is 4.90 Å². The van der Waals surface area contributed by atoms with Gasteiger partial charge in [0.25, 0.3) is 0 Å². The van der Waals surface area contributed by atoms with Gasteiger partial charge in [0.1, 0.15) is 6.04 Å². The van der Waals surface area contributed by atoms with Crippen LogP contribution in [0.3, 0.4) is 0 Å². The Morgan fingerprint density at radius 3 is 2.18 bits per heavy atom. The molecule has 0 aromatic heterocycles. The maximum absolute atomic E-state index is 12.2. The summed E-state index contributed by atoms with van der Waals surface area (Å²) in [6.07, 6.45) is 0.529. The Labute approximate surface area is 129 Å². The lowest BCUT2D eigenvalue weighted by atomic mass is 10.0. The number of carboxylic acids is 1. The molecular formula is C14H20N2O5S. The van der Waals surface area contributed by atoms with Crippen molar-refractivity contribution in [3.8, 4) is 0 Å². The van der Waals surface area contributed by atoms with E-state index in [4.69, 9.17) is 5.11 Å². The van der Waals surface area contributed by atoms with Gasteiger partial charge in [-0.3, -0.25) is 9.59 Å². The van der Waals surface area contributed by atoms with Gasteiger partial charge in [-0.15, -0.1) is 0 Å². The number of carboxylic acid groups (broad SMARTS) is 1. The summed E-state index contributed by atoms with van der Waals surface area (Å²) in [6.45, 7) is 4.80. The van der Waals surface area contributed by atoms with Crippen molar-refractivity contribution in [1.29, 1.82) is 0 Å². The average molecular weight is 328 g/mol. The van der Waals surface area contributed by atoms with Crippen LogP contribution >= 0.6 is 0 Å². The minimum atomic E-state index is -3.95. The maximum Gasteiger partial charge on any atom is 0.322 e. The van der Waals surface area contributed by atoms with E-state index in [-0.39, 0.29) is 16.7 Å². The van der Waals surface area contributed by atoms with Gasteiger partial charge in [-0.05, 0) is 30.2 Å². The Kier molecular flexibility index (Phi) is 6.07. The third kappa shape index (κ3) is 4.81. The molecule has 3 N–H and O–H groups in total. The van der Waals surface area contributed by atoms with Crippen molar-refractivity contribution in [3.63, 3.8) is 0 Å². The number of carbonyl (C=O) groups is 2. The number of amides is 1. The summed E-state index contributed by atoms with van der Waals surface area (Å²) in [5.41, 5.74) is 0.461. The second kappa shape index (κ2) is 7.37. The van der Waals surface area contributed by atoms with Crippen LogP contribution in [-0.4, -0.2) is 31.4 Å². The van der Waals surface area contributed by atoms with E-state index < -0.39 is 22.0 Å². The van der Waals surface area contributed by atoms with E-state index in [1.807, 2.05) is 0 Å². The zero-order chi connectivity index (χ0) is 16.9. The number of rotatable bonds is 7. The molecule has 0 saturated carbocycles. The summed E-state index contributed by atoms with van der Waals surface area (Å²) in [7, 11) is -3.95. The zero-order valence-electron chi connectivity index (χ0n) is 12.7. The highest BCUT2D eigenvalue weighted by molar-refractivity contribution is 7.89. The SMILES string of the molecule is CC[C@@H](C)[C@@H](NS(=O)(=O)c1ccc(NC(C)=O)cc1)C(=O)O. The minimum absolute atomic E-state index is 0.0591. The molecular weight excluding hydrogens is 308 g/mol. The van der Waals surface area contributed by atoms with Crippen molar-refractivity contribution < 1.29 is 23.1 Å². The molecule has 0 aliphatic carbocycles. The number of carbonyl (C=O) groups excluding carboxylic acids is 1. The standard InChI is InChI=1S/C14H20N2O5S/c1-4-9(2)13(14(18)19)16-22(20,21)12-7-5-11(6-8-12)15-10(3)17/h5-9,13,16H,4H2,1-3H3,(H,15,17)(H,18,19)/t9-,13-/m1/s1. The molecule has 0 unspecified atom stereocenters. The fourth-order valence-corrected chi connectivity index (χ4v) is 3.10. The van der Waals surface area contributed by atoms with Crippen molar-refractivity contribution >= 4 is 27.6 Å². The number of hydrogen-bond acceptors (Lipinski definition) is 4. The fraction of sp³-hybridized carbons (Fsp3) is 0.429. The molecule has 0 aliphatic rings. The summed E-state index contributed by atoms with van der Waals surface area (Å²) >= 11 is 0. The van der Waals surface area contributed by atoms with Crippen molar-refractivity contribution in [2.24, 2.45) is 5.92 Å². The summed E-state index contributed by atoms with van der Waals surface area (Å²) in [4.78, 5) is 22.1. The van der Waals surface area contributed by atoms with Crippen LogP contribution in [-0.2, 0) is 19.6 Å². The first-order chi connectivity index (χ1) is 10.2. The molecule has 0 saturated heterocycles. The van der Waals surface area contributed by atoms with Crippen molar-refractivity contribution in [3.05, 3.63) is 24.3 Å². The van der Waals surface area contributed by atoms with Crippen LogP contribution < -0.4 is 10.0 Å². The highest BCUT2D eigenvalue weighted by Crippen LogP contribution is 2.16. The molecule has 0 fully saturated rings. The van der Waals surface area contributed by atoms with Gasteiger partial charge in [-0.25, -0.2) is 8.42 Å². The number of anilines is 1. The molecule has 0 aliphatic heterocycles. The van der Waals surface area contributed by atoms with Gasteiger partial charge in [-0.2, -0.15) is 4.72 Å². The third-order valence-electron chi connectivity index (χ3n) is 3.25. The summed E-state index contributed by atoms with van der Waals surface area (Å²) in [5, 5.41) is 11.7. The van der Waals surface area contributed by atoms with Crippen molar-refractivity contribution in [2.45, 2.75) is 38.1 Å². The molecule has 1 aromatic rings. The first kappa shape index (κ1) is 18.1. The molecule has 122 valence electrons. The Bertz CT molecular complexity index is 640. The molecule has 22 heavy (non-hydrogen) atoms. The molecule has 0 heterocycles. The Hall–Kier alpha value is -1.93. The molecule has 0 bridgehead atoms. The van der Waals surface area contributed by atoms with Gasteiger partial charge >= 0.3 is 5.97 Å². The van der Waals surface area contributed by atoms with Gasteiger partial charge in [0.2, 0.25) is 15.9 Å². The minimum Gasteiger partial charge on any atom is -0.480 e. The lowest BCUT2D eigenvalue weighted by Crippen LogP contribution is -2.44. The van der Waals surface area contributed by atoms with Gasteiger partial charge < -0.3 is 10.4 Å². The average Bonchev–Trinajstić information content (AvgIpc) is 2.43. The van der Waals surface area contributed by atoms with E-state index in [0.717, 1.165) is 0 Å². The summed E-state index contributed by atoms with van der Waals surface area (Å²) < 4.78 is 26.7. The monoisotopic (exact) mass is 328 g/mol. The van der Waals surface area contributed by atoms with Crippen LogP contribution in [0.5, 0.6) is 0 Å².